The lowest BCUT2D eigenvalue weighted by atomic mass is 10.2. The molecule has 0 fully saturated rings. The Balaban J connectivity index is 1.98. The van der Waals surface area contributed by atoms with Crippen molar-refractivity contribution in [1.82, 2.24) is 0 Å². The van der Waals surface area contributed by atoms with Gasteiger partial charge in [0.15, 0.2) is 18.1 Å². The van der Waals surface area contributed by atoms with Crippen LogP contribution in [0.4, 0.5) is 5.69 Å². The molecule has 0 aliphatic heterocycles. The Morgan fingerprint density at radius 2 is 1.87 bits per heavy atom. The van der Waals surface area contributed by atoms with Gasteiger partial charge in [0.25, 0.3) is 5.91 Å². The molecule has 0 bridgehead atoms. The lowest BCUT2D eigenvalue weighted by Crippen LogP contribution is -2.20. The quantitative estimate of drug-likeness (QED) is 0.545. The number of hydrogen-bond acceptors (Lipinski definition) is 4. The topological polar surface area (TPSA) is 64.6 Å². The van der Waals surface area contributed by atoms with Crippen LogP contribution in [-0.4, -0.2) is 25.4 Å². The van der Waals surface area contributed by atoms with Crippen LogP contribution >= 0.6 is 22.6 Å². The molecule has 0 saturated heterocycles. The van der Waals surface area contributed by atoms with Gasteiger partial charge in [-0.2, -0.15) is 0 Å². The maximum atomic E-state index is 11.9. The van der Waals surface area contributed by atoms with Gasteiger partial charge in [-0.25, -0.2) is 0 Å². The fraction of sp³-hybridized carbons (Fsp3) is 0.176. The average molecular weight is 425 g/mol. The van der Waals surface area contributed by atoms with Crippen molar-refractivity contribution in [1.29, 1.82) is 0 Å². The fourth-order valence-electron chi connectivity index (χ4n) is 1.86. The molecule has 0 radical (unpaired) electrons. The summed E-state index contributed by atoms with van der Waals surface area (Å²) in [6, 6.07) is 12.3. The van der Waals surface area contributed by atoms with Crippen molar-refractivity contribution in [2.24, 2.45) is 0 Å². The third-order valence-electron chi connectivity index (χ3n) is 2.89. The summed E-state index contributed by atoms with van der Waals surface area (Å²) < 4.78 is 12.0. The summed E-state index contributed by atoms with van der Waals surface area (Å²) in [7, 11) is 0. The highest BCUT2D eigenvalue weighted by Crippen LogP contribution is 2.28. The van der Waals surface area contributed by atoms with Gasteiger partial charge in [0.2, 0.25) is 0 Å². The van der Waals surface area contributed by atoms with Gasteiger partial charge in [-0.05, 0) is 72.0 Å². The van der Waals surface area contributed by atoms with E-state index in [9.17, 15) is 9.59 Å². The highest BCUT2D eigenvalue weighted by Gasteiger charge is 2.09. The largest absolute Gasteiger partial charge is 0.490 e. The van der Waals surface area contributed by atoms with E-state index < -0.39 is 0 Å². The first-order chi connectivity index (χ1) is 11.1. The van der Waals surface area contributed by atoms with E-state index in [1.807, 2.05) is 31.2 Å². The summed E-state index contributed by atoms with van der Waals surface area (Å²) in [5.41, 5.74) is 1.20. The zero-order chi connectivity index (χ0) is 16.7. The minimum atomic E-state index is -0.270. The van der Waals surface area contributed by atoms with Crippen LogP contribution in [0.5, 0.6) is 11.5 Å². The van der Waals surface area contributed by atoms with Crippen molar-refractivity contribution in [3.8, 4) is 11.5 Å². The Bertz CT molecular complexity index is 685. The summed E-state index contributed by atoms with van der Waals surface area (Å²) in [5.74, 6) is 0.600. The number of ether oxygens (including phenoxy) is 2. The molecule has 2 rings (SSSR count). The van der Waals surface area contributed by atoms with E-state index in [-0.39, 0.29) is 12.5 Å². The molecule has 0 aliphatic rings. The summed E-state index contributed by atoms with van der Waals surface area (Å²) >= 11 is 2.20. The molecule has 0 spiro atoms. The lowest BCUT2D eigenvalue weighted by molar-refractivity contribution is -0.118. The lowest BCUT2D eigenvalue weighted by Gasteiger charge is -2.12. The fourth-order valence-corrected chi connectivity index (χ4v) is 2.22. The third kappa shape index (κ3) is 5.24. The van der Waals surface area contributed by atoms with Crippen molar-refractivity contribution >= 4 is 40.5 Å². The van der Waals surface area contributed by atoms with E-state index in [0.29, 0.717) is 29.4 Å². The zero-order valence-electron chi connectivity index (χ0n) is 12.5. The van der Waals surface area contributed by atoms with Gasteiger partial charge in [0.1, 0.15) is 6.29 Å². The Hall–Kier alpha value is -2.09. The van der Waals surface area contributed by atoms with Gasteiger partial charge in [-0.3, -0.25) is 9.59 Å². The molecule has 5 nitrogen and oxygen atoms in total. The highest BCUT2D eigenvalue weighted by atomic mass is 127. The molecule has 2 aromatic rings. The summed E-state index contributed by atoms with van der Waals surface area (Å²) in [6.45, 7) is 2.13. The van der Waals surface area contributed by atoms with E-state index >= 15 is 0 Å². The monoisotopic (exact) mass is 425 g/mol. The molecule has 2 aromatic carbocycles. The Labute approximate surface area is 148 Å². The molecule has 1 amide bonds. The SMILES string of the molecule is CCOc1cc(C=O)ccc1OCC(=O)Nc1ccc(I)cc1. The molecule has 0 saturated carbocycles. The van der Waals surface area contributed by atoms with Crippen molar-refractivity contribution < 1.29 is 19.1 Å². The number of carbonyl (C=O) groups is 2. The molecule has 0 atom stereocenters. The van der Waals surface area contributed by atoms with Crippen molar-refractivity contribution in [3.05, 3.63) is 51.6 Å². The van der Waals surface area contributed by atoms with Gasteiger partial charge >= 0.3 is 0 Å². The number of amides is 1. The number of nitrogens with one attached hydrogen (secondary N) is 1. The van der Waals surface area contributed by atoms with Crippen LogP contribution in [0.3, 0.4) is 0 Å². The zero-order valence-corrected chi connectivity index (χ0v) is 14.7. The molecule has 0 unspecified atom stereocenters. The van der Waals surface area contributed by atoms with E-state index in [0.717, 1.165) is 9.86 Å². The minimum absolute atomic E-state index is 0.146. The number of carbonyl (C=O) groups excluding carboxylic acids is 2. The number of halogens is 1. The van der Waals surface area contributed by atoms with E-state index in [2.05, 4.69) is 27.9 Å². The molecule has 120 valence electrons. The number of aldehydes is 1. The predicted molar refractivity (Wildman–Crippen MR) is 96.3 cm³/mol. The number of anilines is 1. The maximum Gasteiger partial charge on any atom is 0.262 e. The molecule has 0 heterocycles. The third-order valence-corrected chi connectivity index (χ3v) is 3.61. The van der Waals surface area contributed by atoms with E-state index in [4.69, 9.17) is 9.47 Å². The van der Waals surface area contributed by atoms with Crippen LogP contribution in [-0.2, 0) is 4.79 Å². The molecule has 23 heavy (non-hydrogen) atoms. The maximum absolute atomic E-state index is 11.9. The van der Waals surface area contributed by atoms with Crippen molar-refractivity contribution in [3.63, 3.8) is 0 Å². The normalized spacial score (nSPS) is 10.0. The first-order valence-corrected chi connectivity index (χ1v) is 8.10. The Kier molecular flexibility index (Phi) is 6.40. The summed E-state index contributed by atoms with van der Waals surface area (Å²) in [5, 5.41) is 2.75. The van der Waals surface area contributed by atoms with E-state index in [1.54, 1.807) is 18.2 Å². The molecule has 0 aliphatic carbocycles. The van der Waals surface area contributed by atoms with Gasteiger partial charge in [-0.15, -0.1) is 0 Å². The standard InChI is InChI=1S/C17H16INO4/c1-2-22-16-9-12(10-20)3-8-15(16)23-11-17(21)19-14-6-4-13(18)5-7-14/h3-10H,2,11H2,1H3,(H,19,21). The summed E-state index contributed by atoms with van der Waals surface area (Å²) in [6.07, 6.45) is 0.732. The van der Waals surface area contributed by atoms with Crippen LogP contribution in [0.2, 0.25) is 0 Å². The van der Waals surface area contributed by atoms with Crippen LogP contribution in [0.1, 0.15) is 17.3 Å². The molecular formula is C17H16INO4. The van der Waals surface area contributed by atoms with Gasteiger partial charge in [0.05, 0.1) is 6.61 Å². The second-order valence-corrected chi connectivity index (χ2v) is 5.85. The average Bonchev–Trinajstić information content (AvgIpc) is 2.56. The van der Waals surface area contributed by atoms with E-state index in [1.165, 1.54) is 0 Å². The first-order valence-electron chi connectivity index (χ1n) is 7.02. The van der Waals surface area contributed by atoms with Gasteiger partial charge in [0, 0.05) is 14.8 Å². The van der Waals surface area contributed by atoms with Crippen LogP contribution in [0.25, 0.3) is 0 Å². The van der Waals surface area contributed by atoms with Gasteiger partial charge < -0.3 is 14.8 Å². The predicted octanol–water partition coefficient (Wildman–Crippen LogP) is 3.52. The van der Waals surface area contributed by atoms with Crippen molar-refractivity contribution in [2.45, 2.75) is 6.92 Å². The second-order valence-electron chi connectivity index (χ2n) is 4.60. The number of benzene rings is 2. The minimum Gasteiger partial charge on any atom is -0.490 e. The first kappa shape index (κ1) is 17.3. The van der Waals surface area contributed by atoms with Crippen LogP contribution in [0, 0.1) is 3.57 Å². The molecular weight excluding hydrogens is 409 g/mol. The number of hydrogen-bond donors (Lipinski definition) is 1. The Morgan fingerprint density at radius 3 is 2.52 bits per heavy atom. The summed E-state index contributed by atoms with van der Waals surface area (Å²) in [4.78, 5) is 22.7. The smallest absolute Gasteiger partial charge is 0.262 e. The molecule has 1 N–H and O–H groups in total. The van der Waals surface area contributed by atoms with Crippen LogP contribution < -0.4 is 14.8 Å². The van der Waals surface area contributed by atoms with Crippen molar-refractivity contribution in [2.75, 3.05) is 18.5 Å². The molecule has 6 heteroatoms. The molecule has 0 aromatic heterocycles. The second kappa shape index (κ2) is 8.52. The van der Waals surface area contributed by atoms with Gasteiger partial charge in [-0.1, -0.05) is 0 Å². The highest BCUT2D eigenvalue weighted by molar-refractivity contribution is 14.1. The Morgan fingerprint density at radius 1 is 1.13 bits per heavy atom. The number of rotatable bonds is 7. The van der Waals surface area contributed by atoms with Crippen LogP contribution in [0.15, 0.2) is 42.5 Å².